The van der Waals surface area contributed by atoms with Gasteiger partial charge in [0.05, 0.1) is 11.5 Å². The van der Waals surface area contributed by atoms with Crippen molar-refractivity contribution in [1.29, 1.82) is 0 Å². The highest BCUT2D eigenvalue weighted by Crippen LogP contribution is 2.13. The van der Waals surface area contributed by atoms with Crippen LogP contribution in [0.4, 0.5) is 10.5 Å². The molecule has 0 bridgehead atoms. The zero-order valence-corrected chi connectivity index (χ0v) is 15.3. The van der Waals surface area contributed by atoms with Gasteiger partial charge in [0.1, 0.15) is 6.04 Å². The standard InChI is InChI=1S/C17H25N3O4S/c1-3-12(2)15(16(21)18-13-7-5-4-6-8-13)20-17(22)19-14-9-10-25(23,24)11-14/h4-8,12,14-15H,3,9-11H2,1-2H3,(H,18,21)(H2,19,20,22)/t12-,14+,15+/m1/s1. The third-order valence-electron chi connectivity index (χ3n) is 4.39. The first kappa shape index (κ1) is 19.2. The van der Waals surface area contributed by atoms with E-state index in [4.69, 9.17) is 0 Å². The molecule has 0 saturated carbocycles. The summed E-state index contributed by atoms with van der Waals surface area (Å²) in [5.74, 6) is -0.331. The SMILES string of the molecule is CC[C@@H](C)[C@H](NC(=O)N[C@H]1CCS(=O)(=O)C1)C(=O)Nc1ccccc1. The fourth-order valence-electron chi connectivity index (χ4n) is 2.72. The van der Waals surface area contributed by atoms with Gasteiger partial charge < -0.3 is 16.0 Å². The summed E-state index contributed by atoms with van der Waals surface area (Å²) in [7, 11) is -3.07. The van der Waals surface area contributed by atoms with Gasteiger partial charge in [0.2, 0.25) is 5.91 Å². The molecule has 1 aliphatic heterocycles. The average Bonchev–Trinajstić information content (AvgIpc) is 2.91. The summed E-state index contributed by atoms with van der Waals surface area (Å²) in [5.41, 5.74) is 0.657. The van der Waals surface area contributed by atoms with E-state index in [0.717, 1.165) is 0 Å². The maximum atomic E-state index is 12.5. The molecular formula is C17H25N3O4S. The van der Waals surface area contributed by atoms with Gasteiger partial charge in [0.15, 0.2) is 9.84 Å². The number of rotatable bonds is 6. The number of urea groups is 1. The lowest BCUT2D eigenvalue weighted by molar-refractivity contribution is -0.119. The van der Waals surface area contributed by atoms with Crippen LogP contribution < -0.4 is 16.0 Å². The van der Waals surface area contributed by atoms with Gasteiger partial charge in [-0.05, 0) is 24.5 Å². The monoisotopic (exact) mass is 367 g/mol. The number of sulfone groups is 1. The van der Waals surface area contributed by atoms with E-state index in [2.05, 4.69) is 16.0 Å². The number of para-hydroxylation sites is 1. The van der Waals surface area contributed by atoms with E-state index in [0.29, 0.717) is 18.5 Å². The number of amides is 3. The summed E-state index contributed by atoms with van der Waals surface area (Å²) < 4.78 is 22.9. The number of anilines is 1. The van der Waals surface area contributed by atoms with Gasteiger partial charge in [-0.15, -0.1) is 0 Å². The van der Waals surface area contributed by atoms with Gasteiger partial charge in [-0.2, -0.15) is 0 Å². The Kier molecular flexibility index (Phi) is 6.41. The predicted molar refractivity (Wildman–Crippen MR) is 97.0 cm³/mol. The lowest BCUT2D eigenvalue weighted by Gasteiger charge is -2.24. The highest BCUT2D eigenvalue weighted by atomic mass is 32.2. The van der Waals surface area contributed by atoms with Crippen molar-refractivity contribution in [1.82, 2.24) is 10.6 Å². The molecular weight excluding hydrogens is 342 g/mol. The number of hydrogen-bond acceptors (Lipinski definition) is 4. The Bertz CT molecular complexity index is 706. The van der Waals surface area contributed by atoms with Crippen LogP contribution in [0.25, 0.3) is 0 Å². The Balaban J connectivity index is 1.97. The van der Waals surface area contributed by atoms with E-state index < -0.39 is 28.0 Å². The van der Waals surface area contributed by atoms with Crippen molar-refractivity contribution >= 4 is 27.5 Å². The number of carbonyl (C=O) groups excluding carboxylic acids is 2. The fourth-order valence-corrected chi connectivity index (χ4v) is 4.39. The normalized spacial score (nSPS) is 21.1. The quantitative estimate of drug-likeness (QED) is 0.709. The molecule has 138 valence electrons. The number of benzene rings is 1. The van der Waals surface area contributed by atoms with Gasteiger partial charge in [-0.3, -0.25) is 4.79 Å². The highest BCUT2D eigenvalue weighted by Gasteiger charge is 2.31. The molecule has 1 saturated heterocycles. The van der Waals surface area contributed by atoms with Gasteiger partial charge in [0, 0.05) is 11.7 Å². The first-order chi connectivity index (χ1) is 11.8. The van der Waals surface area contributed by atoms with Gasteiger partial charge >= 0.3 is 6.03 Å². The van der Waals surface area contributed by atoms with E-state index in [-0.39, 0.29) is 23.3 Å². The van der Waals surface area contributed by atoms with Crippen LogP contribution in [0.2, 0.25) is 0 Å². The Morgan fingerprint density at radius 3 is 2.48 bits per heavy atom. The molecule has 2 rings (SSSR count). The molecule has 0 aromatic heterocycles. The van der Waals surface area contributed by atoms with Crippen molar-refractivity contribution in [3.63, 3.8) is 0 Å². The summed E-state index contributed by atoms with van der Waals surface area (Å²) in [6, 6.07) is 7.40. The van der Waals surface area contributed by atoms with Crippen LogP contribution in [0.1, 0.15) is 26.7 Å². The van der Waals surface area contributed by atoms with E-state index in [9.17, 15) is 18.0 Å². The molecule has 25 heavy (non-hydrogen) atoms. The second kappa shape index (κ2) is 8.33. The van der Waals surface area contributed by atoms with Crippen LogP contribution in [-0.2, 0) is 14.6 Å². The van der Waals surface area contributed by atoms with Gasteiger partial charge in [0.25, 0.3) is 0 Å². The summed E-state index contributed by atoms with van der Waals surface area (Å²) in [6.45, 7) is 3.83. The van der Waals surface area contributed by atoms with Crippen LogP contribution >= 0.6 is 0 Å². The molecule has 3 N–H and O–H groups in total. The van der Waals surface area contributed by atoms with Crippen molar-refractivity contribution in [3.8, 4) is 0 Å². The van der Waals surface area contributed by atoms with Crippen LogP contribution in [0.5, 0.6) is 0 Å². The molecule has 8 heteroatoms. The van der Waals surface area contributed by atoms with E-state index in [1.807, 2.05) is 32.0 Å². The molecule has 1 aromatic rings. The third-order valence-corrected chi connectivity index (χ3v) is 6.16. The maximum absolute atomic E-state index is 12.5. The average molecular weight is 367 g/mol. The first-order valence-corrected chi connectivity index (χ1v) is 10.3. The van der Waals surface area contributed by atoms with Crippen molar-refractivity contribution in [2.75, 3.05) is 16.8 Å². The van der Waals surface area contributed by atoms with Crippen molar-refractivity contribution in [2.24, 2.45) is 5.92 Å². The zero-order valence-electron chi connectivity index (χ0n) is 14.5. The third kappa shape index (κ3) is 5.74. The minimum Gasteiger partial charge on any atom is -0.334 e. The number of nitrogens with one attached hydrogen (secondary N) is 3. The summed E-state index contributed by atoms with van der Waals surface area (Å²) >= 11 is 0. The minimum absolute atomic E-state index is 0.0510. The molecule has 0 spiro atoms. The Labute approximate surface area is 148 Å². The van der Waals surface area contributed by atoms with Gasteiger partial charge in [-0.1, -0.05) is 38.5 Å². The second-order valence-corrected chi connectivity index (χ2v) is 8.66. The molecule has 0 aliphatic carbocycles. The summed E-state index contributed by atoms with van der Waals surface area (Å²) in [6.07, 6.45) is 1.12. The minimum atomic E-state index is -3.07. The van der Waals surface area contributed by atoms with Crippen molar-refractivity contribution in [3.05, 3.63) is 30.3 Å². The summed E-state index contributed by atoms with van der Waals surface area (Å²) in [4.78, 5) is 24.7. The highest BCUT2D eigenvalue weighted by molar-refractivity contribution is 7.91. The molecule has 1 fully saturated rings. The molecule has 1 heterocycles. The maximum Gasteiger partial charge on any atom is 0.315 e. The molecule has 3 amide bonds. The zero-order chi connectivity index (χ0) is 18.4. The lowest BCUT2D eigenvalue weighted by Crippen LogP contribution is -2.53. The molecule has 7 nitrogen and oxygen atoms in total. The molecule has 1 aliphatic rings. The molecule has 3 atom stereocenters. The molecule has 0 unspecified atom stereocenters. The van der Waals surface area contributed by atoms with Crippen LogP contribution in [0.15, 0.2) is 30.3 Å². The predicted octanol–water partition coefficient (Wildman–Crippen LogP) is 1.53. The Morgan fingerprint density at radius 1 is 1.24 bits per heavy atom. The van der Waals surface area contributed by atoms with Crippen LogP contribution in [0.3, 0.4) is 0 Å². The van der Waals surface area contributed by atoms with E-state index in [1.54, 1.807) is 12.1 Å². The van der Waals surface area contributed by atoms with Crippen LogP contribution in [-0.4, -0.2) is 43.9 Å². The summed E-state index contributed by atoms with van der Waals surface area (Å²) in [5, 5.41) is 8.13. The smallest absolute Gasteiger partial charge is 0.315 e. The number of carbonyl (C=O) groups is 2. The lowest BCUT2D eigenvalue weighted by atomic mass is 9.98. The van der Waals surface area contributed by atoms with Gasteiger partial charge in [-0.25, -0.2) is 13.2 Å². The van der Waals surface area contributed by atoms with Crippen molar-refractivity contribution < 1.29 is 18.0 Å². The van der Waals surface area contributed by atoms with Crippen molar-refractivity contribution in [2.45, 2.75) is 38.8 Å². The molecule has 0 radical (unpaired) electrons. The fraction of sp³-hybridized carbons (Fsp3) is 0.529. The Hall–Kier alpha value is -2.09. The first-order valence-electron chi connectivity index (χ1n) is 8.44. The number of hydrogen-bond donors (Lipinski definition) is 3. The van der Waals surface area contributed by atoms with Crippen LogP contribution in [0, 0.1) is 5.92 Å². The largest absolute Gasteiger partial charge is 0.334 e. The second-order valence-electron chi connectivity index (χ2n) is 6.44. The molecule has 1 aromatic carbocycles. The van der Waals surface area contributed by atoms with E-state index >= 15 is 0 Å². The topological polar surface area (TPSA) is 104 Å². The van der Waals surface area contributed by atoms with E-state index in [1.165, 1.54) is 0 Å². The Morgan fingerprint density at radius 2 is 1.92 bits per heavy atom.